The number of carbonyl (C=O) groups excluding carboxylic acids is 2. The van der Waals surface area contributed by atoms with Crippen molar-refractivity contribution in [3.05, 3.63) is 58.5 Å². The van der Waals surface area contributed by atoms with Gasteiger partial charge in [0.05, 0.1) is 0 Å². The predicted octanol–water partition coefficient (Wildman–Crippen LogP) is 3.72. The average Bonchev–Trinajstić information content (AvgIpc) is 3.34. The van der Waals surface area contributed by atoms with E-state index in [1.807, 2.05) is 24.3 Å². The fourth-order valence-electron chi connectivity index (χ4n) is 2.17. The second-order valence-corrected chi connectivity index (χ2v) is 6.44. The Morgan fingerprint density at radius 1 is 1.25 bits per heavy atom. The van der Waals surface area contributed by atoms with Crippen LogP contribution in [0.4, 0.5) is 5.69 Å². The first-order valence-electron chi connectivity index (χ1n) is 7.71. The van der Waals surface area contributed by atoms with Crippen molar-refractivity contribution in [1.29, 1.82) is 0 Å². The van der Waals surface area contributed by atoms with Crippen molar-refractivity contribution in [2.45, 2.75) is 19.4 Å². The average molecular weight is 389 g/mol. The molecule has 1 saturated carbocycles. The maximum absolute atomic E-state index is 11.8. The van der Waals surface area contributed by atoms with Gasteiger partial charge in [0.2, 0.25) is 11.8 Å². The molecule has 0 saturated heterocycles. The Balaban J connectivity index is 1.51. The van der Waals surface area contributed by atoms with Crippen LogP contribution in [0.5, 0.6) is 0 Å². The summed E-state index contributed by atoms with van der Waals surface area (Å²) in [5, 5.41) is 5.70. The topological polar surface area (TPSA) is 71.3 Å². The number of carbonyl (C=O) groups is 2. The van der Waals surface area contributed by atoms with E-state index in [0.29, 0.717) is 17.0 Å². The molecule has 1 aliphatic rings. The zero-order chi connectivity index (χ0) is 16.9. The van der Waals surface area contributed by atoms with E-state index < -0.39 is 0 Å². The van der Waals surface area contributed by atoms with Crippen LogP contribution < -0.4 is 10.6 Å². The van der Waals surface area contributed by atoms with E-state index in [0.717, 1.165) is 24.1 Å². The molecule has 1 aromatic carbocycles. The molecule has 1 fully saturated rings. The zero-order valence-electron chi connectivity index (χ0n) is 12.9. The third-order valence-electron chi connectivity index (χ3n) is 3.60. The molecule has 0 unspecified atom stereocenters. The van der Waals surface area contributed by atoms with Crippen LogP contribution in [0, 0.1) is 5.92 Å². The van der Waals surface area contributed by atoms with Gasteiger partial charge in [-0.3, -0.25) is 9.59 Å². The standard InChI is InChI=1S/C18H17BrN2O3/c19-16-8-6-15(24-16)7-9-17(22)20-11-12-2-1-3-14(10-12)21-18(23)13-4-5-13/h1-3,6-10,13H,4-5,11H2,(H,20,22)(H,21,23)/b9-7+. The Morgan fingerprint density at radius 2 is 2.08 bits per heavy atom. The minimum Gasteiger partial charge on any atom is -0.450 e. The van der Waals surface area contributed by atoms with Gasteiger partial charge in [-0.25, -0.2) is 0 Å². The Bertz CT molecular complexity index is 778. The third-order valence-corrected chi connectivity index (χ3v) is 4.03. The van der Waals surface area contributed by atoms with Gasteiger partial charge < -0.3 is 15.1 Å². The molecule has 24 heavy (non-hydrogen) atoms. The van der Waals surface area contributed by atoms with Crippen LogP contribution in [0.3, 0.4) is 0 Å². The third kappa shape index (κ3) is 4.83. The lowest BCUT2D eigenvalue weighted by Gasteiger charge is -2.07. The summed E-state index contributed by atoms with van der Waals surface area (Å²) in [5.74, 6) is 0.626. The summed E-state index contributed by atoms with van der Waals surface area (Å²) in [7, 11) is 0. The second kappa shape index (κ2) is 7.49. The van der Waals surface area contributed by atoms with Crippen molar-refractivity contribution < 1.29 is 14.0 Å². The minimum absolute atomic E-state index is 0.0729. The predicted molar refractivity (Wildman–Crippen MR) is 95.1 cm³/mol. The summed E-state index contributed by atoms with van der Waals surface area (Å²) in [5.41, 5.74) is 1.68. The summed E-state index contributed by atoms with van der Waals surface area (Å²) < 4.78 is 5.90. The molecule has 124 valence electrons. The molecule has 2 amide bonds. The van der Waals surface area contributed by atoms with Crippen LogP contribution in [-0.4, -0.2) is 11.8 Å². The van der Waals surface area contributed by atoms with Crippen LogP contribution in [0.15, 0.2) is 51.6 Å². The maximum Gasteiger partial charge on any atom is 0.244 e. The smallest absolute Gasteiger partial charge is 0.244 e. The van der Waals surface area contributed by atoms with E-state index in [1.54, 1.807) is 18.2 Å². The first-order chi connectivity index (χ1) is 11.6. The molecule has 2 aromatic rings. The van der Waals surface area contributed by atoms with Gasteiger partial charge in [-0.05, 0) is 64.7 Å². The van der Waals surface area contributed by atoms with E-state index in [-0.39, 0.29) is 17.7 Å². The highest BCUT2D eigenvalue weighted by Crippen LogP contribution is 2.30. The summed E-state index contributed by atoms with van der Waals surface area (Å²) >= 11 is 3.21. The highest BCUT2D eigenvalue weighted by Gasteiger charge is 2.29. The van der Waals surface area contributed by atoms with Crippen LogP contribution in [0.1, 0.15) is 24.2 Å². The van der Waals surface area contributed by atoms with Gasteiger partial charge in [0.1, 0.15) is 5.76 Å². The Kier molecular flexibility index (Phi) is 5.15. The van der Waals surface area contributed by atoms with Gasteiger partial charge >= 0.3 is 0 Å². The summed E-state index contributed by atoms with van der Waals surface area (Å²) in [6, 6.07) is 11.0. The van der Waals surface area contributed by atoms with Gasteiger partial charge in [0, 0.05) is 24.2 Å². The molecular formula is C18H17BrN2O3. The number of hydrogen-bond acceptors (Lipinski definition) is 3. The van der Waals surface area contributed by atoms with E-state index >= 15 is 0 Å². The monoisotopic (exact) mass is 388 g/mol. The molecular weight excluding hydrogens is 372 g/mol. The number of furan rings is 1. The Morgan fingerprint density at radius 3 is 2.79 bits per heavy atom. The minimum atomic E-state index is -0.213. The van der Waals surface area contributed by atoms with Crippen LogP contribution in [0.25, 0.3) is 6.08 Å². The van der Waals surface area contributed by atoms with Crippen molar-refractivity contribution in [1.82, 2.24) is 5.32 Å². The van der Waals surface area contributed by atoms with Crippen molar-refractivity contribution >= 4 is 39.5 Å². The van der Waals surface area contributed by atoms with Gasteiger partial charge in [0.25, 0.3) is 0 Å². The van der Waals surface area contributed by atoms with Crippen molar-refractivity contribution in [2.75, 3.05) is 5.32 Å². The highest BCUT2D eigenvalue weighted by molar-refractivity contribution is 9.10. The fraction of sp³-hybridized carbons (Fsp3) is 0.222. The molecule has 1 aliphatic carbocycles. The number of halogens is 1. The Hall–Kier alpha value is -2.34. The van der Waals surface area contributed by atoms with E-state index in [4.69, 9.17) is 4.42 Å². The van der Waals surface area contributed by atoms with Crippen LogP contribution in [-0.2, 0) is 16.1 Å². The highest BCUT2D eigenvalue weighted by atomic mass is 79.9. The van der Waals surface area contributed by atoms with E-state index in [9.17, 15) is 9.59 Å². The van der Waals surface area contributed by atoms with Crippen molar-refractivity contribution in [2.24, 2.45) is 5.92 Å². The molecule has 0 radical (unpaired) electrons. The molecule has 1 heterocycles. The normalized spacial score (nSPS) is 13.9. The Labute approximate surface area is 148 Å². The number of anilines is 1. The number of rotatable bonds is 6. The summed E-state index contributed by atoms with van der Waals surface area (Å²) in [6.07, 6.45) is 4.97. The molecule has 0 atom stereocenters. The quantitative estimate of drug-likeness (QED) is 0.740. The van der Waals surface area contributed by atoms with Gasteiger partial charge in [-0.2, -0.15) is 0 Å². The van der Waals surface area contributed by atoms with Crippen LogP contribution in [0.2, 0.25) is 0 Å². The molecule has 5 nitrogen and oxygen atoms in total. The van der Waals surface area contributed by atoms with Gasteiger partial charge in [-0.1, -0.05) is 12.1 Å². The molecule has 2 N–H and O–H groups in total. The number of benzene rings is 1. The van der Waals surface area contributed by atoms with Crippen LogP contribution >= 0.6 is 15.9 Å². The van der Waals surface area contributed by atoms with Crippen molar-refractivity contribution in [3.63, 3.8) is 0 Å². The van der Waals surface area contributed by atoms with E-state index in [1.165, 1.54) is 6.08 Å². The molecule has 1 aromatic heterocycles. The summed E-state index contributed by atoms with van der Waals surface area (Å²) in [6.45, 7) is 0.387. The lowest BCUT2D eigenvalue weighted by Crippen LogP contribution is -2.20. The molecule has 6 heteroatoms. The second-order valence-electron chi connectivity index (χ2n) is 5.66. The maximum atomic E-state index is 11.8. The SMILES string of the molecule is O=C(/C=C/c1ccc(Br)o1)NCc1cccc(NC(=O)C2CC2)c1. The molecule has 3 rings (SSSR count). The molecule has 0 aliphatic heterocycles. The van der Waals surface area contributed by atoms with Crippen molar-refractivity contribution in [3.8, 4) is 0 Å². The molecule has 0 bridgehead atoms. The lowest BCUT2D eigenvalue weighted by molar-refractivity contribution is -0.117. The lowest BCUT2D eigenvalue weighted by atomic mass is 10.2. The summed E-state index contributed by atoms with van der Waals surface area (Å²) in [4.78, 5) is 23.6. The largest absolute Gasteiger partial charge is 0.450 e. The molecule has 0 spiro atoms. The first-order valence-corrected chi connectivity index (χ1v) is 8.50. The van der Waals surface area contributed by atoms with E-state index in [2.05, 4.69) is 26.6 Å². The first kappa shape index (κ1) is 16.5. The number of hydrogen-bond donors (Lipinski definition) is 2. The van der Waals surface area contributed by atoms with Gasteiger partial charge in [-0.15, -0.1) is 0 Å². The number of nitrogens with one attached hydrogen (secondary N) is 2. The fourth-order valence-corrected chi connectivity index (χ4v) is 2.49. The zero-order valence-corrected chi connectivity index (χ0v) is 14.5. The number of amides is 2. The van der Waals surface area contributed by atoms with Gasteiger partial charge in [0.15, 0.2) is 4.67 Å².